The van der Waals surface area contributed by atoms with E-state index in [9.17, 15) is 0 Å². The van der Waals surface area contributed by atoms with Gasteiger partial charge >= 0.3 is 152 Å². The summed E-state index contributed by atoms with van der Waals surface area (Å²) >= 11 is -0.370. The number of allylic oxidation sites excluding steroid dienone is 1. The summed E-state index contributed by atoms with van der Waals surface area (Å²) in [5, 5.41) is 0. The topological polar surface area (TPSA) is 62.9 Å². The van der Waals surface area contributed by atoms with Crippen molar-refractivity contribution in [1.29, 1.82) is 0 Å². The van der Waals surface area contributed by atoms with Crippen LogP contribution in [0.15, 0.2) is 11.5 Å². The van der Waals surface area contributed by atoms with Crippen molar-refractivity contribution in [3.63, 3.8) is 0 Å². The molecule has 138 valence electrons. The molecule has 23 heavy (non-hydrogen) atoms. The first-order valence-corrected chi connectivity index (χ1v) is 10.8. The maximum absolute atomic E-state index is 6.19. The van der Waals surface area contributed by atoms with Gasteiger partial charge < -0.3 is 0 Å². The molecule has 0 saturated carbocycles. The SMILES string of the molecule is CO[I-]CO/C(CCO[C@H](C(C)C)[C@H]1CO[C@H]1C)=C(\N)C(C)C. The van der Waals surface area contributed by atoms with Crippen LogP contribution < -0.4 is 27.4 Å². The molecule has 0 aromatic heterocycles. The molecule has 0 spiro atoms. The fourth-order valence-corrected chi connectivity index (χ4v) is 3.37. The van der Waals surface area contributed by atoms with E-state index < -0.39 is 0 Å². The zero-order valence-electron chi connectivity index (χ0n) is 15.3. The van der Waals surface area contributed by atoms with Crippen LogP contribution in [-0.4, -0.2) is 37.1 Å². The van der Waals surface area contributed by atoms with Gasteiger partial charge in [-0.1, -0.05) is 0 Å². The molecule has 1 saturated heterocycles. The Bertz CT molecular complexity index is 374. The van der Waals surface area contributed by atoms with E-state index in [0.29, 0.717) is 35.6 Å². The predicted molar refractivity (Wildman–Crippen MR) is 87.1 cm³/mol. The van der Waals surface area contributed by atoms with Gasteiger partial charge in [-0.2, -0.15) is 0 Å². The minimum absolute atomic E-state index is 0.228. The first kappa shape index (κ1) is 21.0. The molecule has 1 fully saturated rings. The number of halogens is 1. The summed E-state index contributed by atoms with van der Waals surface area (Å²) < 4.78 is 23.3. The summed E-state index contributed by atoms with van der Waals surface area (Å²) in [7, 11) is 1.71. The van der Waals surface area contributed by atoms with Gasteiger partial charge in [0.05, 0.1) is 0 Å². The van der Waals surface area contributed by atoms with Gasteiger partial charge in [-0.3, -0.25) is 0 Å². The van der Waals surface area contributed by atoms with E-state index >= 15 is 0 Å². The minimum atomic E-state index is -0.370. The Morgan fingerprint density at radius 2 is 2.00 bits per heavy atom. The van der Waals surface area contributed by atoms with Gasteiger partial charge in [0.25, 0.3) is 0 Å². The van der Waals surface area contributed by atoms with Crippen molar-refractivity contribution in [3.8, 4) is 0 Å². The van der Waals surface area contributed by atoms with Gasteiger partial charge in [0.2, 0.25) is 0 Å². The Labute approximate surface area is 152 Å². The van der Waals surface area contributed by atoms with Gasteiger partial charge in [-0.15, -0.1) is 0 Å². The van der Waals surface area contributed by atoms with Crippen molar-refractivity contribution in [2.24, 2.45) is 23.5 Å². The molecule has 0 bridgehead atoms. The van der Waals surface area contributed by atoms with Crippen LogP contribution >= 0.6 is 0 Å². The van der Waals surface area contributed by atoms with Crippen LogP contribution in [0.25, 0.3) is 0 Å². The quantitative estimate of drug-likeness (QED) is 0.210. The number of nitrogens with two attached hydrogens (primary N) is 1. The Balaban J connectivity index is 2.54. The van der Waals surface area contributed by atoms with Crippen molar-refractivity contribution in [2.45, 2.75) is 53.2 Å². The molecule has 2 N–H and O–H groups in total. The van der Waals surface area contributed by atoms with E-state index in [1.165, 1.54) is 0 Å². The summed E-state index contributed by atoms with van der Waals surface area (Å²) in [5.74, 6) is 2.09. The molecule has 0 aromatic carbocycles. The molecule has 0 amide bonds. The fraction of sp³-hybridized carbons (Fsp3) is 0.882. The third kappa shape index (κ3) is 6.76. The molecule has 1 rings (SSSR count). The number of rotatable bonds is 11. The van der Waals surface area contributed by atoms with Crippen LogP contribution in [0, 0.1) is 17.8 Å². The van der Waals surface area contributed by atoms with Crippen LogP contribution in [0.3, 0.4) is 0 Å². The summed E-state index contributed by atoms with van der Waals surface area (Å²) in [6, 6.07) is 0. The second kappa shape index (κ2) is 10.7. The molecule has 6 heteroatoms. The van der Waals surface area contributed by atoms with E-state index in [1.54, 1.807) is 7.11 Å². The maximum atomic E-state index is 6.19. The number of hydrogen-bond acceptors (Lipinski definition) is 5. The van der Waals surface area contributed by atoms with E-state index in [4.69, 9.17) is 23.0 Å². The van der Waals surface area contributed by atoms with Crippen molar-refractivity contribution in [2.75, 3.05) is 24.9 Å². The zero-order valence-corrected chi connectivity index (χ0v) is 17.5. The molecule has 1 aliphatic rings. The summed E-state index contributed by atoms with van der Waals surface area (Å²) in [6.07, 6.45) is 1.23. The molecule has 1 heterocycles. The number of hydrogen-bond donors (Lipinski definition) is 1. The van der Waals surface area contributed by atoms with E-state index in [0.717, 1.165) is 18.1 Å². The van der Waals surface area contributed by atoms with Gasteiger partial charge in [0.1, 0.15) is 0 Å². The number of ether oxygens (including phenoxy) is 3. The monoisotopic (exact) mass is 442 g/mol. The number of alkyl halides is 1. The van der Waals surface area contributed by atoms with Gasteiger partial charge in [-0.05, 0) is 0 Å². The third-order valence-corrected chi connectivity index (χ3v) is 5.39. The van der Waals surface area contributed by atoms with Crippen molar-refractivity contribution >= 4 is 0 Å². The second-order valence-electron chi connectivity index (χ2n) is 6.58. The van der Waals surface area contributed by atoms with Crippen molar-refractivity contribution in [1.82, 2.24) is 0 Å². The molecule has 0 aromatic rings. The Morgan fingerprint density at radius 3 is 2.43 bits per heavy atom. The average Bonchev–Trinajstić information content (AvgIpc) is 2.49. The molecular weight excluding hydrogens is 409 g/mol. The normalized spacial score (nSPS) is 23.8. The summed E-state index contributed by atoms with van der Waals surface area (Å²) in [6.45, 7) is 12.1. The molecule has 0 aliphatic carbocycles. The Hall–Kier alpha value is -0.0500. The van der Waals surface area contributed by atoms with Crippen LogP contribution in [-0.2, 0) is 17.3 Å². The van der Waals surface area contributed by atoms with Gasteiger partial charge in [-0.25, -0.2) is 0 Å². The first-order valence-electron chi connectivity index (χ1n) is 8.35. The van der Waals surface area contributed by atoms with Crippen LogP contribution in [0.5, 0.6) is 0 Å². The molecule has 3 atom stereocenters. The van der Waals surface area contributed by atoms with E-state index in [2.05, 4.69) is 34.6 Å². The predicted octanol–water partition coefficient (Wildman–Crippen LogP) is -0.0966. The average molecular weight is 442 g/mol. The van der Waals surface area contributed by atoms with E-state index in [1.807, 2.05) is 0 Å². The van der Waals surface area contributed by atoms with Gasteiger partial charge in [0.15, 0.2) is 0 Å². The molecule has 5 nitrogen and oxygen atoms in total. The standard InChI is InChI=1S/C17H33INO4/c1-11(2)16(19)15(23-10-18-20-6)7-8-21-17(12(3)4)14-9-22-13(14)5/h11-14,17H,7-10,19H2,1-6H3/q-1/b16-15-/t13-,14-,17+/m0/s1. The Morgan fingerprint density at radius 1 is 1.30 bits per heavy atom. The molecular formula is C17H33INO4-. The van der Waals surface area contributed by atoms with Crippen LogP contribution in [0.1, 0.15) is 41.0 Å². The van der Waals surface area contributed by atoms with E-state index in [-0.39, 0.29) is 33.6 Å². The van der Waals surface area contributed by atoms with Crippen molar-refractivity contribution in [3.05, 3.63) is 11.5 Å². The summed E-state index contributed by atoms with van der Waals surface area (Å²) in [4.78, 5) is 0. The second-order valence-corrected chi connectivity index (χ2v) is 8.71. The van der Waals surface area contributed by atoms with Crippen LogP contribution in [0.4, 0.5) is 0 Å². The molecule has 0 radical (unpaired) electrons. The molecule has 0 unspecified atom stereocenters. The fourth-order valence-electron chi connectivity index (χ4n) is 2.61. The zero-order chi connectivity index (χ0) is 17.4. The Kier molecular flexibility index (Phi) is 9.80. The van der Waals surface area contributed by atoms with Crippen LogP contribution in [0.2, 0.25) is 0 Å². The van der Waals surface area contributed by atoms with Gasteiger partial charge in [0, 0.05) is 0 Å². The third-order valence-electron chi connectivity index (χ3n) is 4.20. The van der Waals surface area contributed by atoms with Crippen molar-refractivity contribution < 1.29 is 38.9 Å². The molecule has 1 aliphatic heterocycles. The summed E-state index contributed by atoms with van der Waals surface area (Å²) in [5.41, 5.74) is 7.00. The first-order chi connectivity index (χ1) is 10.9.